The van der Waals surface area contributed by atoms with Gasteiger partial charge in [-0.3, -0.25) is 4.79 Å². The molecule has 17 heavy (non-hydrogen) atoms. The number of benzene rings is 1. The van der Waals surface area contributed by atoms with Gasteiger partial charge < -0.3 is 10.2 Å². The third-order valence-electron chi connectivity index (χ3n) is 2.39. The summed E-state index contributed by atoms with van der Waals surface area (Å²) in [7, 11) is 0. The smallest absolute Gasteiger partial charge is 0.150 e. The van der Waals surface area contributed by atoms with Gasteiger partial charge in [-0.05, 0) is 17.5 Å². The summed E-state index contributed by atoms with van der Waals surface area (Å²) in [6.07, 6.45) is -1.47. The molecule has 0 spiro atoms. The van der Waals surface area contributed by atoms with Crippen molar-refractivity contribution in [3.8, 4) is 0 Å². The van der Waals surface area contributed by atoms with E-state index in [2.05, 4.69) is 10.0 Å². The van der Waals surface area contributed by atoms with Crippen molar-refractivity contribution in [2.75, 3.05) is 6.54 Å². The van der Waals surface area contributed by atoms with Gasteiger partial charge in [0.1, 0.15) is 12.4 Å². The quantitative estimate of drug-likeness (QED) is 0.338. The van der Waals surface area contributed by atoms with Crippen molar-refractivity contribution in [3.63, 3.8) is 0 Å². The van der Waals surface area contributed by atoms with Gasteiger partial charge in [0.2, 0.25) is 0 Å². The van der Waals surface area contributed by atoms with E-state index >= 15 is 0 Å². The van der Waals surface area contributed by atoms with Crippen LogP contribution in [0.25, 0.3) is 10.4 Å². The molecule has 2 N–H and O–H groups in total. The number of azide groups is 1. The average Bonchev–Trinajstić information content (AvgIpc) is 2.38. The van der Waals surface area contributed by atoms with Crippen molar-refractivity contribution < 1.29 is 15.0 Å². The van der Waals surface area contributed by atoms with Gasteiger partial charge in [-0.2, -0.15) is 0 Å². The number of hydrogen-bond donors (Lipinski definition) is 2. The Morgan fingerprint density at radius 3 is 2.76 bits per heavy atom. The normalized spacial score (nSPS) is 13.5. The summed E-state index contributed by atoms with van der Waals surface area (Å²) < 4.78 is 0. The highest BCUT2D eigenvalue weighted by Gasteiger charge is 2.19. The maximum atomic E-state index is 10.8. The van der Waals surface area contributed by atoms with E-state index in [9.17, 15) is 15.0 Å². The van der Waals surface area contributed by atoms with E-state index in [-0.39, 0.29) is 13.0 Å². The monoisotopic (exact) mass is 235 g/mol. The van der Waals surface area contributed by atoms with Crippen molar-refractivity contribution >= 4 is 6.29 Å². The first-order valence-corrected chi connectivity index (χ1v) is 5.11. The minimum Gasteiger partial charge on any atom is -0.390 e. The molecule has 6 nitrogen and oxygen atoms in total. The predicted octanol–water partition coefficient (Wildman–Crippen LogP) is 1.59. The second kappa shape index (κ2) is 6.65. The Bertz CT molecular complexity index is 430. The summed E-state index contributed by atoms with van der Waals surface area (Å²) in [5.74, 6) is 0. The Balaban J connectivity index is 2.76. The Hall–Kier alpha value is -1.88. The van der Waals surface area contributed by atoms with Crippen LogP contribution < -0.4 is 0 Å². The van der Waals surface area contributed by atoms with Gasteiger partial charge in [-0.15, -0.1) is 0 Å². The Morgan fingerprint density at radius 1 is 1.41 bits per heavy atom. The first-order valence-electron chi connectivity index (χ1n) is 5.11. The molecule has 1 aromatic rings. The molecule has 2 unspecified atom stereocenters. The largest absolute Gasteiger partial charge is 0.390 e. The summed E-state index contributed by atoms with van der Waals surface area (Å²) in [4.78, 5) is 13.3. The number of aldehydes is 1. The molecule has 0 saturated carbocycles. The lowest BCUT2D eigenvalue weighted by atomic mass is 9.98. The fourth-order valence-corrected chi connectivity index (χ4v) is 1.49. The zero-order valence-electron chi connectivity index (χ0n) is 9.10. The van der Waals surface area contributed by atoms with E-state index in [1.54, 1.807) is 24.3 Å². The highest BCUT2D eigenvalue weighted by Crippen LogP contribution is 2.21. The molecule has 0 aliphatic heterocycles. The third-order valence-corrected chi connectivity index (χ3v) is 2.39. The number of carbonyl (C=O) groups is 1. The van der Waals surface area contributed by atoms with Crippen LogP contribution in [0.3, 0.4) is 0 Å². The predicted molar refractivity (Wildman–Crippen MR) is 61.4 cm³/mol. The number of aliphatic hydroxyl groups excluding tert-OH is 2. The van der Waals surface area contributed by atoms with Crippen molar-refractivity contribution in [2.24, 2.45) is 5.11 Å². The van der Waals surface area contributed by atoms with Crippen LogP contribution in [0.15, 0.2) is 29.4 Å². The lowest BCUT2D eigenvalue weighted by molar-refractivity contribution is 0.0147. The highest BCUT2D eigenvalue weighted by atomic mass is 16.3. The summed E-state index contributed by atoms with van der Waals surface area (Å²) in [5, 5.41) is 22.8. The molecule has 0 radical (unpaired) electrons. The van der Waals surface area contributed by atoms with Crippen LogP contribution >= 0.6 is 0 Å². The molecule has 0 fully saturated rings. The van der Waals surface area contributed by atoms with Crippen LogP contribution in [0, 0.1) is 0 Å². The SMILES string of the molecule is [N-]=[N+]=NCCC(O)C(O)c1ccccc1C=O. The van der Waals surface area contributed by atoms with Crippen LogP contribution in [-0.2, 0) is 0 Å². The number of hydrogen-bond acceptors (Lipinski definition) is 4. The summed E-state index contributed by atoms with van der Waals surface area (Å²) in [6.45, 7) is 0.0952. The Morgan fingerprint density at radius 2 is 2.12 bits per heavy atom. The number of aliphatic hydroxyl groups is 2. The molecule has 0 amide bonds. The average molecular weight is 235 g/mol. The number of rotatable bonds is 6. The van der Waals surface area contributed by atoms with Gasteiger partial charge in [0, 0.05) is 17.0 Å². The molecule has 0 heterocycles. The molecular formula is C11H13N3O3. The molecule has 6 heteroatoms. The van der Waals surface area contributed by atoms with Crippen LogP contribution in [-0.4, -0.2) is 29.1 Å². The minimum absolute atomic E-state index is 0.0952. The van der Waals surface area contributed by atoms with Crippen LogP contribution in [0.4, 0.5) is 0 Å². The van der Waals surface area contributed by atoms with E-state index in [1.807, 2.05) is 0 Å². The van der Waals surface area contributed by atoms with Gasteiger partial charge in [0.15, 0.2) is 0 Å². The molecule has 90 valence electrons. The molecule has 2 atom stereocenters. The first-order chi connectivity index (χ1) is 8.20. The fourth-order valence-electron chi connectivity index (χ4n) is 1.49. The van der Waals surface area contributed by atoms with E-state index in [0.29, 0.717) is 17.4 Å². The zero-order chi connectivity index (χ0) is 12.7. The van der Waals surface area contributed by atoms with Gasteiger partial charge in [-0.25, -0.2) is 0 Å². The van der Waals surface area contributed by atoms with Crippen molar-refractivity contribution in [3.05, 3.63) is 45.8 Å². The first kappa shape index (κ1) is 13.2. The van der Waals surface area contributed by atoms with Gasteiger partial charge in [-0.1, -0.05) is 29.4 Å². The van der Waals surface area contributed by atoms with E-state index in [4.69, 9.17) is 5.53 Å². The lowest BCUT2D eigenvalue weighted by Gasteiger charge is -2.18. The van der Waals surface area contributed by atoms with E-state index in [1.165, 1.54) is 0 Å². The second-order valence-corrected chi connectivity index (χ2v) is 3.50. The molecule has 0 aromatic heterocycles. The molecule has 0 aliphatic rings. The van der Waals surface area contributed by atoms with Gasteiger partial charge >= 0.3 is 0 Å². The van der Waals surface area contributed by atoms with Crippen molar-refractivity contribution in [1.82, 2.24) is 0 Å². The Labute approximate surface area is 98.1 Å². The molecule has 1 rings (SSSR count). The third kappa shape index (κ3) is 3.57. The van der Waals surface area contributed by atoms with Gasteiger partial charge in [0.05, 0.1) is 6.10 Å². The maximum absolute atomic E-state index is 10.8. The minimum atomic E-state index is -1.16. The summed E-state index contributed by atoms with van der Waals surface area (Å²) in [6, 6.07) is 6.48. The van der Waals surface area contributed by atoms with Crippen LogP contribution in [0.5, 0.6) is 0 Å². The Kier molecular flexibility index (Phi) is 5.16. The standard InChI is InChI=1S/C11H13N3O3/c12-14-13-6-5-10(16)11(17)9-4-2-1-3-8(9)7-15/h1-4,7,10-11,16-17H,5-6H2. The lowest BCUT2D eigenvalue weighted by Crippen LogP contribution is -2.20. The van der Waals surface area contributed by atoms with Crippen LogP contribution in [0.1, 0.15) is 28.4 Å². The van der Waals surface area contributed by atoms with E-state index < -0.39 is 12.2 Å². The summed E-state index contributed by atoms with van der Waals surface area (Å²) in [5.41, 5.74) is 8.79. The molecular weight excluding hydrogens is 222 g/mol. The number of nitrogens with zero attached hydrogens (tertiary/aromatic N) is 3. The zero-order valence-corrected chi connectivity index (χ0v) is 9.10. The van der Waals surface area contributed by atoms with Crippen molar-refractivity contribution in [2.45, 2.75) is 18.6 Å². The van der Waals surface area contributed by atoms with Gasteiger partial charge in [0.25, 0.3) is 0 Å². The summed E-state index contributed by atoms with van der Waals surface area (Å²) >= 11 is 0. The maximum Gasteiger partial charge on any atom is 0.150 e. The molecule has 0 saturated heterocycles. The van der Waals surface area contributed by atoms with Crippen LogP contribution in [0.2, 0.25) is 0 Å². The van der Waals surface area contributed by atoms with E-state index in [0.717, 1.165) is 0 Å². The number of carbonyl (C=O) groups excluding carboxylic acids is 1. The highest BCUT2D eigenvalue weighted by molar-refractivity contribution is 5.77. The van der Waals surface area contributed by atoms with Crippen molar-refractivity contribution in [1.29, 1.82) is 0 Å². The molecule has 1 aromatic carbocycles. The topological polar surface area (TPSA) is 106 Å². The fraction of sp³-hybridized carbons (Fsp3) is 0.364. The molecule has 0 aliphatic carbocycles. The molecule has 0 bridgehead atoms. The second-order valence-electron chi connectivity index (χ2n) is 3.50.